The molecule has 1 fully saturated rings. The van der Waals surface area contributed by atoms with E-state index in [0.717, 1.165) is 24.2 Å². The molecule has 1 atom stereocenters. The number of carboxylic acid groups (broad SMARTS) is 1. The van der Waals surface area contributed by atoms with Gasteiger partial charge in [0.1, 0.15) is 0 Å². The van der Waals surface area contributed by atoms with E-state index in [0.29, 0.717) is 11.8 Å². The SMILES string of the molecule is CCSCC(NC1CC1)(C(=O)O)c1ccccc1. The zero-order valence-electron chi connectivity index (χ0n) is 10.6. The second kappa shape index (κ2) is 5.76. The fourth-order valence-electron chi connectivity index (χ4n) is 2.01. The number of hydrogen-bond donors (Lipinski definition) is 2. The molecule has 0 radical (unpaired) electrons. The van der Waals surface area contributed by atoms with E-state index in [1.807, 2.05) is 30.3 Å². The van der Waals surface area contributed by atoms with Crippen LogP contribution in [-0.2, 0) is 10.3 Å². The average molecular weight is 265 g/mol. The number of carbonyl (C=O) groups is 1. The monoisotopic (exact) mass is 265 g/mol. The summed E-state index contributed by atoms with van der Waals surface area (Å²) in [5, 5.41) is 13.0. The predicted molar refractivity (Wildman–Crippen MR) is 74.9 cm³/mol. The van der Waals surface area contributed by atoms with Crippen LogP contribution in [0.1, 0.15) is 25.3 Å². The van der Waals surface area contributed by atoms with Crippen molar-refractivity contribution >= 4 is 17.7 Å². The van der Waals surface area contributed by atoms with E-state index in [2.05, 4.69) is 12.2 Å². The van der Waals surface area contributed by atoms with Crippen molar-refractivity contribution in [2.45, 2.75) is 31.3 Å². The Labute approximate surface area is 112 Å². The van der Waals surface area contributed by atoms with Crippen LogP contribution in [0.2, 0.25) is 0 Å². The second-order valence-corrected chi connectivity index (χ2v) is 5.91. The lowest BCUT2D eigenvalue weighted by molar-refractivity contribution is -0.144. The van der Waals surface area contributed by atoms with Crippen molar-refractivity contribution in [1.29, 1.82) is 0 Å². The highest BCUT2D eigenvalue weighted by Gasteiger charge is 2.43. The summed E-state index contributed by atoms with van der Waals surface area (Å²) >= 11 is 1.66. The van der Waals surface area contributed by atoms with Crippen LogP contribution in [0.25, 0.3) is 0 Å². The Hall–Kier alpha value is -1.00. The molecule has 1 aliphatic rings. The fourth-order valence-corrected chi connectivity index (χ4v) is 2.89. The van der Waals surface area contributed by atoms with Crippen molar-refractivity contribution in [1.82, 2.24) is 5.32 Å². The molecule has 1 aliphatic carbocycles. The van der Waals surface area contributed by atoms with Gasteiger partial charge in [-0.3, -0.25) is 5.32 Å². The van der Waals surface area contributed by atoms with Gasteiger partial charge in [-0.15, -0.1) is 0 Å². The van der Waals surface area contributed by atoms with Crippen molar-refractivity contribution in [2.24, 2.45) is 0 Å². The number of benzene rings is 1. The summed E-state index contributed by atoms with van der Waals surface area (Å²) in [7, 11) is 0. The van der Waals surface area contributed by atoms with Gasteiger partial charge < -0.3 is 5.11 Å². The molecule has 18 heavy (non-hydrogen) atoms. The van der Waals surface area contributed by atoms with Gasteiger partial charge in [-0.05, 0) is 24.2 Å². The second-order valence-electron chi connectivity index (χ2n) is 4.63. The number of thioether (sulfide) groups is 1. The summed E-state index contributed by atoms with van der Waals surface area (Å²) in [5.74, 6) is 0.717. The van der Waals surface area contributed by atoms with Gasteiger partial charge in [0.15, 0.2) is 5.54 Å². The van der Waals surface area contributed by atoms with Crippen molar-refractivity contribution in [2.75, 3.05) is 11.5 Å². The zero-order valence-corrected chi connectivity index (χ0v) is 11.4. The minimum atomic E-state index is -0.941. The summed E-state index contributed by atoms with van der Waals surface area (Å²) in [6.45, 7) is 2.05. The number of aliphatic carboxylic acids is 1. The third-order valence-corrected chi connectivity index (χ3v) is 4.23. The van der Waals surface area contributed by atoms with Gasteiger partial charge in [0, 0.05) is 11.8 Å². The summed E-state index contributed by atoms with van der Waals surface area (Å²) in [5.41, 5.74) is -0.0892. The first-order valence-electron chi connectivity index (χ1n) is 6.33. The average Bonchev–Trinajstić information content (AvgIpc) is 3.19. The summed E-state index contributed by atoms with van der Waals surface area (Å²) < 4.78 is 0. The van der Waals surface area contributed by atoms with Gasteiger partial charge in [0.25, 0.3) is 0 Å². The third-order valence-electron chi connectivity index (χ3n) is 3.18. The van der Waals surface area contributed by atoms with E-state index < -0.39 is 11.5 Å². The van der Waals surface area contributed by atoms with Crippen LogP contribution < -0.4 is 5.32 Å². The van der Waals surface area contributed by atoms with Crippen LogP contribution in [0.15, 0.2) is 30.3 Å². The summed E-state index contributed by atoms with van der Waals surface area (Å²) in [4.78, 5) is 11.8. The molecule has 2 rings (SSSR count). The molecular formula is C14H19NO2S. The summed E-state index contributed by atoms with van der Waals surface area (Å²) in [6, 6.07) is 9.88. The Bertz CT molecular complexity index is 406. The molecule has 3 nitrogen and oxygen atoms in total. The number of hydrogen-bond acceptors (Lipinski definition) is 3. The molecule has 0 saturated heterocycles. The molecule has 2 N–H and O–H groups in total. The highest BCUT2D eigenvalue weighted by molar-refractivity contribution is 7.99. The van der Waals surface area contributed by atoms with Crippen molar-refractivity contribution < 1.29 is 9.90 Å². The normalized spacial score (nSPS) is 18.3. The lowest BCUT2D eigenvalue weighted by Gasteiger charge is -2.31. The molecule has 1 aromatic carbocycles. The molecule has 1 saturated carbocycles. The highest BCUT2D eigenvalue weighted by atomic mass is 32.2. The Morgan fingerprint density at radius 2 is 2.11 bits per heavy atom. The van der Waals surface area contributed by atoms with E-state index in [-0.39, 0.29) is 0 Å². The molecule has 1 aromatic rings. The fraction of sp³-hybridized carbons (Fsp3) is 0.500. The predicted octanol–water partition coefficient (Wildman–Crippen LogP) is 2.47. The van der Waals surface area contributed by atoms with Gasteiger partial charge in [0.05, 0.1) is 0 Å². The maximum Gasteiger partial charge on any atom is 0.329 e. The topological polar surface area (TPSA) is 49.3 Å². The van der Waals surface area contributed by atoms with Crippen LogP contribution in [-0.4, -0.2) is 28.6 Å². The molecular weight excluding hydrogens is 246 g/mol. The number of rotatable bonds is 7. The van der Waals surface area contributed by atoms with Crippen LogP contribution in [0.5, 0.6) is 0 Å². The third kappa shape index (κ3) is 2.87. The molecule has 1 unspecified atom stereocenters. The van der Waals surface area contributed by atoms with Gasteiger partial charge in [-0.25, -0.2) is 4.79 Å². The minimum absolute atomic E-state index is 0.360. The molecule has 0 amide bonds. The van der Waals surface area contributed by atoms with Gasteiger partial charge in [-0.2, -0.15) is 11.8 Å². The minimum Gasteiger partial charge on any atom is -0.480 e. The largest absolute Gasteiger partial charge is 0.480 e. The van der Waals surface area contributed by atoms with Crippen LogP contribution in [0.4, 0.5) is 0 Å². The van der Waals surface area contributed by atoms with Crippen molar-refractivity contribution in [3.05, 3.63) is 35.9 Å². The first-order chi connectivity index (χ1) is 8.69. The molecule has 0 spiro atoms. The van der Waals surface area contributed by atoms with E-state index in [4.69, 9.17) is 0 Å². The highest BCUT2D eigenvalue weighted by Crippen LogP contribution is 2.31. The molecule has 0 bridgehead atoms. The lowest BCUT2D eigenvalue weighted by Crippen LogP contribution is -2.52. The summed E-state index contributed by atoms with van der Waals surface area (Å²) in [6.07, 6.45) is 2.16. The van der Waals surface area contributed by atoms with Crippen LogP contribution in [0, 0.1) is 0 Å². The molecule has 0 aliphatic heterocycles. The molecule has 0 aromatic heterocycles. The smallest absolute Gasteiger partial charge is 0.329 e. The van der Waals surface area contributed by atoms with E-state index in [1.165, 1.54) is 0 Å². The van der Waals surface area contributed by atoms with E-state index in [9.17, 15) is 9.90 Å². The molecule has 98 valence electrons. The van der Waals surface area contributed by atoms with Crippen molar-refractivity contribution in [3.8, 4) is 0 Å². The lowest BCUT2D eigenvalue weighted by atomic mass is 9.91. The Kier molecular flexibility index (Phi) is 4.30. The Balaban J connectivity index is 2.31. The molecule has 0 heterocycles. The maximum absolute atomic E-state index is 11.8. The first kappa shape index (κ1) is 13.4. The van der Waals surface area contributed by atoms with Gasteiger partial charge >= 0.3 is 5.97 Å². The zero-order chi connectivity index (χ0) is 13.0. The number of nitrogens with one attached hydrogen (secondary N) is 1. The van der Waals surface area contributed by atoms with Gasteiger partial charge in [0.2, 0.25) is 0 Å². The Morgan fingerprint density at radius 1 is 1.44 bits per heavy atom. The first-order valence-corrected chi connectivity index (χ1v) is 7.49. The molecule has 4 heteroatoms. The van der Waals surface area contributed by atoms with E-state index in [1.54, 1.807) is 11.8 Å². The van der Waals surface area contributed by atoms with Crippen molar-refractivity contribution in [3.63, 3.8) is 0 Å². The maximum atomic E-state index is 11.8. The standard InChI is InChI=1S/C14H19NO2S/c1-2-18-10-14(13(16)17,15-12-8-9-12)11-6-4-3-5-7-11/h3-7,12,15H,2,8-10H2,1H3,(H,16,17). The quantitative estimate of drug-likeness (QED) is 0.795. The number of carboxylic acids is 1. The van der Waals surface area contributed by atoms with E-state index >= 15 is 0 Å². The van der Waals surface area contributed by atoms with Gasteiger partial charge in [-0.1, -0.05) is 37.3 Å². The van der Waals surface area contributed by atoms with Crippen LogP contribution >= 0.6 is 11.8 Å². The Morgan fingerprint density at radius 3 is 2.61 bits per heavy atom. The van der Waals surface area contributed by atoms with Crippen LogP contribution in [0.3, 0.4) is 0 Å².